The lowest BCUT2D eigenvalue weighted by Gasteiger charge is -2.25. The molecule has 0 bridgehead atoms. The zero-order valence-electron chi connectivity index (χ0n) is 10.2. The SMILES string of the molecule is Cc1ccc(NC2CCC(=O)NC2)c(C(=O)O)c1. The van der Waals surface area contributed by atoms with Gasteiger partial charge in [0.2, 0.25) is 5.91 Å². The summed E-state index contributed by atoms with van der Waals surface area (Å²) in [5.41, 5.74) is 1.79. The molecular weight excluding hydrogens is 232 g/mol. The lowest BCUT2D eigenvalue weighted by Crippen LogP contribution is -2.42. The van der Waals surface area contributed by atoms with Crippen molar-refractivity contribution < 1.29 is 14.7 Å². The number of hydrogen-bond donors (Lipinski definition) is 3. The number of nitrogens with one attached hydrogen (secondary N) is 2. The molecule has 1 atom stereocenters. The van der Waals surface area contributed by atoms with Gasteiger partial charge >= 0.3 is 5.97 Å². The third-order valence-electron chi connectivity index (χ3n) is 3.03. The minimum Gasteiger partial charge on any atom is -0.478 e. The van der Waals surface area contributed by atoms with Crippen LogP contribution in [0.5, 0.6) is 0 Å². The van der Waals surface area contributed by atoms with E-state index in [0.717, 1.165) is 12.0 Å². The normalized spacial score (nSPS) is 19.2. The molecule has 96 valence electrons. The topological polar surface area (TPSA) is 78.4 Å². The fourth-order valence-electron chi connectivity index (χ4n) is 2.04. The summed E-state index contributed by atoms with van der Waals surface area (Å²) in [6, 6.07) is 5.38. The van der Waals surface area contributed by atoms with E-state index in [4.69, 9.17) is 5.11 Å². The number of carboxylic acid groups (broad SMARTS) is 1. The Balaban J connectivity index is 2.13. The van der Waals surface area contributed by atoms with Crippen LogP contribution in [0, 0.1) is 6.92 Å². The summed E-state index contributed by atoms with van der Waals surface area (Å²) in [6.07, 6.45) is 1.20. The average Bonchev–Trinajstić information content (AvgIpc) is 2.34. The zero-order chi connectivity index (χ0) is 13.1. The van der Waals surface area contributed by atoms with E-state index in [0.29, 0.717) is 18.7 Å². The third-order valence-corrected chi connectivity index (χ3v) is 3.03. The number of carbonyl (C=O) groups excluding carboxylic acids is 1. The summed E-state index contributed by atoms with van der Waals surface area (Å²) < 4.78 is 0. The number of hydrogen-bond acceptors (Lipinski definition) is 3. The Labute approximate surface area is 105 Å². The number of amides is 1. The predicted molar refractivity (Wildman–Crippen MR) is 67.8 cm³/mol. The molecule has 0 radical (unpaired) electrons. The second-order valence-electron chi connectivity index (χ2n) is 4.54. The molecule has 18 heavy (non-hydrogen) atoms. The summed E-state index contributed by atoms with van der Waals surface area (Å²) >= 11 is 0. The van der Waals surface area contributed by atoms with Crippen molar-refractivity contribution in [3.05, 3.63) is 29.3 Å². The first kappa shape index (κ1) is 12.4. The minimum absolute atomic E-state index is 0.0513. The van der Waals surface area contributed by atoms with E-state index in [1.54, 1.807) is 12.1 Å². The molecule has 1 aromatic rings. The summed E-state index contributed by atoms with van der Waals surface area (Å²) in [5, 5.41) is 15.1. The van der Waals surface area contributed by atoms with Crippen LogP contribution in [0.4, 0.5) is 5.69 Å². The molecule has 3 N–H and O–H groups in total. The molecular formula is C13H16N2O3. The van der Waals surface area contributed by atoms with E-state index in [1.165, 1.54) is 0 Å². The van der Waals surface area contributed by atoms with Crippen LogP contribution in [0.1, 0.15) is 28.8 Å². The van der Waals surface area contributed by atoms with Crippen LogP contribution in [0.3, 0.4) is 0 Å². The standard InChI is InChI=1S/C13H16N2O3/c1-8-2-4-11(10(6-8)13(17)18)15-9-3-5-12(16)14-7-9/h2,4,6,9,15H,3,5,7H2,1H3,(H,14,16)(H,17,18). The van der Waals surface area contributed by atoms with Crippen molar-refractivity contribution in [2.75, 3.05) is 11.9 Å². The Bertz CT molecular complexity index is 475. The third kappa shape index (κ3) is 2.80. The summed E-state index contributed by atoms with van der Waals surface area (Å²) in [6.45, 7) is 2.39. The van der Waals surface area contributed by atoms with Crippen molar-refractivity contribution in [1.82, 2.24) is 5.32 Å². The minimum atomic E-state index is -0.943. The molecule has 5 nitrogen and oxygen atoms in total. The van der Waals surface area contributed by atoms with E-state index >= 15 is 0 Å². The number of anilines is 1. The molecule has 2 rings (SSSR count). The highest BCUT2D eigenvalue weighted by molar-refractivity contribution is 5.94. The summed E-state index contributed by atoms with van der Waals surface area (Å²) in [5.74, 6) is -0.892. The van der Waals surface area contributed by atoms with Gasteiger partial charge in [0, 0.05) is 24.7 Å². The van der Waals surface area contributed by atoms with Crippen molar-refractivity contribution in [3.63, 3.8) is 0 Å². The molecule has 1 aliphatic rings. The highest BCUT2D eigenvalue weighted by Crippen LogP contribution is 2.20. The molecule has 1 aromatic carbocycles. The summed E-state index contributed by atoms with van der Waals surface area (Å²) in [7, 11) is 0. The number of piperidine rings is 1. The maximum atomic E-state index is 11.2. The van der Waals surface area contributed by atoms with E-state index in [9.17, 15) is 9.59 Å². The molecule has 0 aliphatic carbocycles. The maximum Gasteiger partial charge on any atom is 0.337 e. The number of aromatic carboxylic acids is 1. The van der Waals surface area contributed by atoms with Crippen molar-refractivity contribution >= 4 is 17.6 Å². The Hall–Kier alpha value is -2.04. The first-order valence-corrected chi connectivity index (χ1v) is 5.93. The van der Waals surface area contributed by atoms with Crippen LogP contribution in [0.25, 0.3) is 0 Å². The molecule has 1 fully saturated rings. The van der Waals surface area contributed by atoms with Gasteiger partial charge in [-0.15, -0.1) is 0 Å². The second kappa shape index (κ2) is 5.08. The Morgan fingerprint density at radius 2 is 2.28 bits per heavy atom. The lowest BCUT2D eigenvalue weighted by molar-refractivity contribution is -0.122. The molecule has 1 aliphatic heterocycles. The van der Waals surface area contributed by atoms with Crippen LogP contribution < -0.4 is 10.6 Å². The van der Waals surface area contributed by atoms with E-state index in [-0.39, 0.29) is 17.5 Å². The maximum absolute atomic E-state index is 11.2. The van der Waals surface area contributed by atoms with Gasteiger partial charge < -0.3 is 15.7 Å². The second-order valence-corrected chi connectivity index (χ2v) is 4.54. The number of aryl methyl sites for hydroxylation is 1. The van der Waals surface area contributed by atoms with Gasteiger partial charge in [0.1, 0.15) is 0 Å². The molecule has 0 spiro atoms. The van der Waals surface area contributed by atoms with Crippen molar-refractivity contribution in [2.45, 2.75) is 25.8 Å². The van der Waals surface area contributed by atoms with Crippen LogP contribution in [0.15, 0.2) is 18.2 Å². The van der Waals surface area contributed by atoms with Crippen molar-refractivity contribution in [3.8, 4) is 0 Å². The quantitative estimate of drug-likeness (QED) is 0.755. The molecule has 0 aromatic heterocycles. The van der Waals surface area contributed by atoms with E-state index in [2.05, 4.69) is 10.6 Å². The molecule has 5 heteroatoms. The molecule has 1 amide bonds. The molecule has 1 heterocycles. The van der Waals surface area contributed by atoms with Crippen molar-refractivity contribution in [1.29, 1.82) is 0 Å². The van der Waals surface area contributed by atoms with Gasteiger partial charge in [-0.2, -0.15) is 0 Å². The smallest absolute Gasteiger partial charge is 0.337 e. The Kier molecular flexibility index (Phi) is 3.50. The number of carboxylic acids is 1. The van der Waals surface area contributed by atoms with Crippen LogP contribution >= 0.6 is 0 Å². The summed E-state index contributed by atoms with van der Waals surface area (Å²) in [4.78, 5) is 22.2. The van der Waals surface area contributed by atoms with Crippen LogP contribution in [-0.2, 0) is 4.79 Å². The largest absolute Gasteiger partial charge is 0.478 e. The number of carbonyl (C=O) groups is 2. The Morgan fingerprint density at radius 3 is 2.89 bits per heavy atom. The Morgan fingerprint density at radius 1 is 1.50 bits per heavy atom. The molecule has 1 unspecified atom stereocenters. The van der Waals surface area contributed by atoms with Crippen LogP contribution in [0.2, 0.25) is 0 Å². The van der Waals surface area contributed by atoms with Gasteiger partial charge in [0.25, 0.3) is 0 Å². The lowest BCUT2D eigenvalue weighted by atomic mass is 10.0. The average molecular weight is 248 g/mol. The fourth-order valence-corrected chi connectivity index (χ4v) is 2.04. The predicted octanol–water partition coefficient (Wildman–Crippen LogP) is 1.38. The number of benzene rings is 1. The molecule has 0 saturated carbocycles. The fraction of sp³-hybridized carbons (Fsp3) is 0.385. The highest BCUT2D eigenvalue weighted by atomic mass is 16.4. The van der Waals surface area contributed by atoms with Gasteiger partial charge in [0.05, 0.1) is 5.56 Å². The number of rotatable bonds is 3. The van der Waals surface area contributed by atoms with Crippen LogP contribution in [-0.4, -0.2) is 29.6 Å². The first-order chi connectivity index (χ1) is 8.56. The monoisotopic (exact) mass is 248 g/mol. The van der Waals surface area contributed by atoms with Crippen molar-refractivity contribution in [2.24, 2.45) is 0 Å². The highest BCUT2D eigenvalue weighted by Gasteiger charge is 2.19. The van der Waals surface area contributed by atoms with E-state index < -0.39 is 5.97 Å². The first-order valence-electron chi connectivity index (χ1n) is 5.93. The molecule has 1 saturated heterocycles. The van der Waals surface area contributed by atoms with Gasteiger partial charge in [0.15, 0.2) is 0 Å². The van der Waals surface area contributed by atoms with E-state index in [1.807, 2.05) is 13.0 Å². The zero-order valence-corrected chi connectivity index (χ0v) is 10.2. The van der Waals surface area contributed by atoms with Gasteiger partial charge in [-0.25, -0.2) is 4.79 Å². The van der Waals surface area contributed by atoms with Gasteiger partial charge in [-0.1, -0.05) is 11.6 Å². The van der Waals surface area contributed by atoms with Gasteiger partial charge in [-0.05, 0) is 25.5 Å². The van der Waals surface area contributed by atoms with Gasteiger partial charge in [-0.3, -0.25) is 4.79 Å².